The number of hydrogen-bond donors (Lipinski definition) is 1. The lowest BCUT2D eigenvalue weighted by Crippen LogP contribution is -2.07. The van der Waals surface area contributed by atoms with E-state index in [2.05, 4.69) is 11.2 Å². The van der Waals surface area contributed by atoms with Gasteiger partial charge >= 0.3 is 0 Å². The van der Waals surface area contributed by atoms with Crippen LogP contribution in [-0.2, 0) is 13.0 Å². The molecule has 6 heteroatoms. The van der Waals surface area contributed by atoms with E-state index in [-0.39, 0.29) is 18.2 Å². The van der Waals surface area contributed by atoms with E-state index in [9.17, 15) is 9.65 Å². The van der Waals surface area contributed by atoms with Gasteiger partial charge in [-0.15, -0.1) is 0 Å². The standard InChI is InChI=1S/C18H14ClFN4/c19-15-7-3-1-5-12(15)9-17-14(10-21)18(22)24(23-17)11-13-6-2-4-8-16(13)20/h1-8H,9,11,22H2. The summed E-state index contributed by atoms with van der Waals surface area (Å²) in [7, 11) is 0. The summed E-state index contributed by atoms with van der Waals surface area (Å²) in [4.78, 5) is 0. The molecule has 0 radical (unpaired) electrons. The molecule has 3 rings (SSSR count). The molecule has 0 aliphatic heterocycles. The van der Waals surface area contributed by atoms with E-state index in [1.807, 2.05) is 18.2 Å². The molecule has 0 saturated carbocycles. The second-order valence-corrected chi connectivity index (χ2v) is 5.74. The number of halogens is 2. The van der Waals surface area contributed by atoms with E-state index in [1.54, 1.807) is 24.3 Å². The molecule has 24 heavy (non-hydrogen) atoms. The fourth-order valence-corrected chi connectivity index (χ4v) is 2.71. The molecule has 2 N–H and O–H groups in total. The molecule has 0 fully saturated rings. The first-order valence-electron chi connectivity index (χ1n) is 7.32. The average Bonchev–Trinajstić information content (AvgIpc) is 2.87. The molecule has 0 unspecified atom stereocenters. The maximum atomic E-state index is 13.8. The van der Waals surface area contributed by atoms with E-state index >= 15 is 0 Å². The minimum atomic E-state index is -0.335. The lowest BCUT2D eigenvalue weighted by Gasteiger charge is -2.05. The molecule has 1 aromatic heterocycles. The lowest BCUT2D eigenvalue weighted by molar-refractivity contribution is 0.586. The van der Waals surface area contributed by atoms with Gasteiger partial charge in [0.25, 0.3) is 0 Å². The van der Waals surface area contributed by atoms with Crippen molar-refractivity contribution >= 4 is 17.4 Å². The van der Waals surface area contributed by atoms with Crippen molar-refractivity contribution in [2.24, 2.45) is 0 Å². The van der Waals surface area contributed by atoms with Gasteiger partial charge < -0.3 is 5.73 Å². The molecule has 0 aliphatic carbocycles. The first kappa shape index (κ1) is 16.0. The molecule has 4 nitrogen and oxygen atoms in total. The van der Waals surface area contributed by atoms with Crippen LogP contribution in [0.5, 0.6) is 0 Å². The highest BCUT2D eigenvalue weighted by Gasteiger charge is 2.17. The predicted molar refractivity (Wildman–Crippen MR) is 91.1 cm³/mol. The van der Waals surface area contributed by atoms with Crippen LogP contribution in [0.15, 0.2) is 48.5 Å². The van der Waals surface area contributed by atoms with Crippen LogP contribution in [-0.4, -0.2) is 9.78 Å². The van der Waals surface area contributed by atoms with Gasteiger partial charge in [-0.2, -0.15) is 10.4 Å². The molecule has 1 heterocycles. The van der Waals surface area contributed by atoms with Gasteiger partial charge in [-0.1, -0.05) is 48.0 Å². The van der Waals surface area contributed by atoms with Crippen molar-refractivity contribution in [1.29, 1.82) is 5.26 Å². The third-order valence-corrected chi connectivity index (χ3v) is 4.14. The van der Waals surface area contributed by atoms with Crippen molar-refractivity contribution in [3.8, 4) is 6.07 Å². The van der Waals surface area contributed by atoms with E-state index in [0.29, 0.717) is 28.3 Å². The summed E-state index contributed by atoms with van der Waals surface area (Å²) < 4.78 is 15.3. The Balaban J connectivity index is 1.96. The maximum absolute atomic E-state index is 13.8. The number of nitrogens with two attached hydrogens (primary N) is 1. The molecule has 120 valence electrons. The lowest BCUT2D eigenvalue weighted by atomic mass is 10.1. The third kappa shape index (κ3) is 3.10. The van der Waals surface area contributed by atoms with Crippen molar-refractivity contribution in [2.45, 2.75) is 13.0 Å². The Morgan fingerprint density at radius 3 is 2.46 bits per heavy atom. The minimum Gasteiger partial charge on any atom is -0.383 e. The molecule has 0 amide bonds. The quantitative estimate of drug-likeness (QED) is 0.786. The summed E-state index contributed by atoms with van der Waals surface area (Å²) in [6.45, 7) is 0.162. The number of aromatic nitrogens is 2. The molecule has 2 aromatic carbocycles. The normalized spacial score (nSPS) is 10.5. The number of hydrogen-bond acceptors (Lipinski definition) is 3. The Kier molecular flexibility index (Phi) is 4.50. The summed E-state index contributed by atoms with van der Waals surface area (Å²) in [6.07, 6.45) is 0.386. The molecule has 0 saturated heterocycles. The van der Waals surface area contributed by atoms with Crippen LogP contribution in [0.4, 0.5) is 10.2 Å². The van der Waals surface area contributed by atoms with Crippen molar-refractivity contribution in [3.63, 3.8) is 0 Å². The summed E-state index contributed by atoms with van der Waals surface area (Å²) in [6, 6.07) is 15.8. The monoisotopic (exact) mass is 340 g/mol. The number of nitrogen functional groups attached to an aromatic ring is 1. The Hall–Kier alpha value is -2.84. The van der Waals surface area contributed by atoms with E-state index in [0.717, 1.165) is 5.56 Å². The summed E-state index contributed by atoms with van der Waals surface area (Å²) in [5.74, 6) is -0.110. The zero-order valence-electron chi connectivity index (χ0n) is 12.7. The van der Waals surface area contributed by atoms with Crippen LogP contribution in [0.25, 0.3) is 0 Å². The fourth-order valence-electron chi connectivity index (χ4n) is 2.50. The van der Waals surface area contributed by atoms with Crippen LogP contribution in [0.1, 0.15) is 22.4 Å². The zero-order chi connectivity index (χ0) is 17.1. The first-order chi connectivity index (χ1) is 11.6. The topological polar surface area (TPSA) is 67.6 Å². The summed E-state index contributed by atoms with van der Waals surface area (Å²) in [5.41, 5.74) is 8.16. The molecular formula is C18H14ClFN4. The maximum Gasteiger partial charge on any atom is 0.140 e. The summed E-state index contributed by atoms with van der Waals surface area (Å²) in [5, 5.41) is 14.4. The highest BCUT2D eigenvalue weighted by atomic mass is 35.5. The van der Waals surface area contributed by atoms with Crippen LogP contribution in [0.2, 0.25) is 5.02 Å². The second-order valence-electron chi connectivity index (χ2n) is 5.34. The highest BCUT2D eigenvalue weighted by molar-refractivity contribution is 6.31. The van der Waals surface area contributed by atoms with E-state index in [1.165, 1.54) is 10.7 Å². The largest absolute Gasteiger partial charge is 0.383 e. The smallest absolute Gasteiger partial charge is 0.140 e. The molecule has 0 aliphatic rings. The SMILES string of the molecule is N#Cc1c(Cc2ccccc2Cl)nn(Cc2ccccc2F)c1N. The van der Waals surface area contributed by atoms with Crippen LogP contribution >= 0.6 is 11.6 Å². The summed E-state index contributed by atoms with van der Waals surface area (Å²) >= 11 is 6.17. The zero-order valence-corrected chi connectivity index (χ0v) is 13.5. The Bertz CT molecular complexity index is 927. The van der Waals surface area contributed by atoms with Gasteiger partial charge in [0.2, 0.25) is 0 Å². The van der Waals surface area contributed by atoms with Crippen molar-refractivity contribution in [2.75, 3.05) is 5.73 Å². The molecule has 0 bridgehead atoms. The van der Waals surface area contributed by atoms with Gasteiger partial charge in [0.15, 0.2) is 0 Å². The number of anilines is 1. The van der Waals surface area contributed by atoms with Gasteiger partial charge in [0, 0.05) is 17.0 Å². The Morgan fingerprint density at radius 1 is 1.12 bits per heavy atom. The highest BCUT2D eigenvalue weighted by Crippen LogP contribution is 2.24. The van der Waals surface area contributed by atoms with Crippen molar-refractivity contribution in [3.05, 3.63) is 81.8 Å². The van der Waals surface area contributed by atoms with E-state index in [4.69, 9.17) is 17.3 Å². The van der Waals surface area contributed by atoms with Gasteiger partial charge in [0.05, 0.1) is 12.2 Å². The third-order valence-electron chi connectivity index (χ3n) is 3.77. The Morgan fingerprint density at radius 2 is 1.79 bits per heavy atom. The van der Waals surface area contributed by atoms with Gasteiger partial charge in [-0.05, 0) is 17.7 Å². The second kappa shape index (κ2) is 6.73. The number of benzene rings is 2. The minimum absolute atomic E-state index is 0.162. The van der Waals surface area contributed by atoms with Crippen LogP contribution < -0.4 is 5.73 Å². The van der Waals surface area contributed by atoms with Crippen molar-refractivity contribution in [1.82, 2.24) is 9.78 Å². The van der Waals surface area contributed by atoms with Crippen LogP contribution in [0.3, 0.4) is 0 Å². The van der Waals surface area contributed by atoms with Crippen LogP contribution in [0, 0.1) is 17.1 Å². The predicted octanol–water partition coefficient (Wildman–Crippen LogP) is 3.77. The van der Waals surface area contributed by atoms with Gasteiger partial charge in [-0.25, -0.2) is 9.07 Å². The first-order valence-corrected chi connectivity index (χ1v) is 7.70. The molecule has 0 spiro atoms. The molecule has 3 aromatic rings. The Labute approximate surface area is 143 Å². The fraction of sp³-hybridized carbons (Fsp3) is 0.111. The van der Waals surface area contributed by atoms with Gasteiger partial charge in [0.1, 0.15) is 23.3 Å². The molecular weight excluding hydrogens is 327 g/mol. The molecule has 0 atom stereocenters. The average molecular weight is 341 g/mol. The number of rotatable bonds is 4. The van der Waals surface area contributed by atoms with Crippen molar-refractivity contribution < 1.29 is 4.39 Å². The van der Waals surface area contributed by atoms with Gasteiger partial charge in [-0.3, -0.25) is 0 Å². The van der Waals surface area contributed by atoms with E-state index < -0.39 is 0 Å². The number of nitriles is 1. The number of nitrogens with zero attached hydrogens (tertiary/aromatic N) is 3.